The summed E-state index contributed by atoms with van der Waals surface area (Å²) in [6.07, 6.45) is 7.51. The topological polar surface area (TPSA) is 73.4 Å². The van der Waals surface area contributed by atoms with Crippen LogP contribution in [0.5, 0.6) is 0 Å². The average Bonchev–Trinajstić information content (AvgIpc) is 2.80. The van der Waals surface area contributed by atoms with Crippen LogP contribution in [0, 0.1) is 22.7 Å². The van der Waals surface area contributed by atoms with Crippen molar-refractivity contribution in [2.45, 2.75) is 5.92 Å². The fourth-order valence-corrected chi connectivity index (χ4v) is 3.92. The Morgan fingerprint density at radius 2 is 1.59 bits per heavy atom. The standard InChI is InChI=1S/C25H14N4/c26-12-16-4-10-23(28-14-16)19-7-6-18-2-1-3-21-20(8-9-22(19)25(18)21)24-11-5-17(13-27)15-29-24/h1-11,14-15,20H. The Balaban J connectivity index is 1.69. The normalized spacial score (nSPS) is 14.3. The highest BCUT2D eigenvalue weighted by atomic mass is 14.7. The fraction of sp³-hybridized carbons (Fsp3) is 0.0400. The first-order valence-electron chi connectivity index (χ1n) is 9.25. The first kappa shape index (κ1) is 16.9. The molecule has 0 fully saturated rings. The Bertz CT molecular complexity index is 1350. The summed E-state index contributed by atoms with van der Waals surface area (Å²) in [6, 6.07) is 22.2. The molecule has 0 aliphatic heterocycles. The van der Waals surface area contributed by atoms with Crippen molar-refractivity contribution in [1.29, 1.82) is 10.5 Å². The van der Waals surface area contributed by atoms with E-state index in [1.54, 1.807) is 18.5 Å². The van der Waals surface area contributed by atoms with E-state index in [-0.39, 0.29) is 5.92 Å². The van der Waals surface area contributed by atoms with Crippen LogP contribution in [0.3, 0.4) is 0 Å². The molecule has 29 heavy (non-hydrogen) atoms. The number of benzene rings is 2. The largest absolute Gasteiger partial charge is 0.259 e. The van der Waals surface area contributed by atoms with Crippen LogP contribution in [-0.4, -0.2) is 9.97 Å². The first-order chi connectivity index (χ1) is 14.3. The third kappa shape index (κ3) is 2.76. The van der Waals surface area contributed by atoms with Gasteiger partial charge in [0.25, 0.3) is 0 Å². The molecule has 0 saturated heterocycles. The van der Waals surface area contributed by atoms with Gasteiger partial charge in [0.15, 0.2) is 0 Å². The van der Waals surface area contributed by atoms with Crippen LogP contribution < -0.4 is 0 Å². The quantitative estimate of drug-likeness (QED) is 0.486. The van der Waals surface area contributed by atoms with Crippen LogP contribution in [0.4, 0.5) is 0 Å². The molecule has 4 heteroatoms. The summed E-state index contributed by atoms with van der Waals surface area (Å²) in [7, 11) is 0. The maximum absolute atomic E-state index is 9.04. The Labute approximate surface area is 168 Å². The predicted molar refractivity (Wildman–Crippen MR) is 112 cm³/mol. The first-order valence-corrected chi connectivity index (χ1v) is 9.25. The molecule has 2 aromatic carbocycles. The maximum atomic E-state index is 9.04. The predicted octanol–water partition coefficient (Wildman–Crippen LogP) is 5.20. The Morgan fingerprint density at radius 1 is 0.793 bits per heavy atom. The monoisotopic (exact) mass is 370 g/mol. The molecule has 0 bridgehead atoms. The van der Waals surface area contributed by atoms with E-state index < -0.39 is 0 Å². The molecule has 4 aromatic rings. The van der Waals surface area contributed by atoms with Crippen molar-refractivity contribution in [2.75, 3.05) is 0 Å². The van der Waals surface area contributed by atoms with E-state index in [1.165, 1.54) is 10.9 Å². The van der Waals surface area contributed by atoms with Crippen molar-refractivity contribution < 1.29 is 0 Å². The number of nitriles is 2. The molecule has 2 heterocycles. The van der Waals surface area contributed by atoms with Crippen LogP contribution in [-0.2, 0) is 0 Å². The van der Waals surface area contributed by atoms with E-state index in [1.807, 2.05) is 18.2 Å². The van der Waals surface area contributed by atoms with Crippen molar-refractivity contribution >= 4 is 16.8 Å². The molecular weight excluding hydrogens is 356 g/mol. The summed E-state index contributed by atoms with van der Waals surface area (Å²) in [4.78, 5) is 9.00. The van der Waals surface area contributed by atoms with Gasteiger partial charge < -0.3 is 0 Å². The highest BCUT2D eigenvalue weighted by Gasteiger charge is 2.22. The fourth-order valence-electron chi connectivity index (χ4n) is 3.92. The minimum absolute atomic E-state index is 0.0307. The van der Waals surface area contributed by atoms with E-state index in [9.17, 15) is 0 Å². The Kier molecular flexibility index (Phi) is 3.90. The van der Waals surface area contributed by atoms with E-state index in [2.05, 4.69) is 64.6 Å². The minimum Gasteiger partial charge on any atom is -0.259 e. The number of pyridine rings is 2. The average molecular weight is 370 g/mol. The van der Waals surface area contributed by atoms with Gasteiger partial charge in [0.05, 0.1) is 22.5 Å². The molecule has 5 rings (SSSR count). The van der Waals surface area contributed by atoms with Crippen LogP contribution >= 0.6 is 0 Å². The van der Waals surface area contributed by atoms with Crippen molar-refractivity contribution in [3.05, 3.63) is 101 Å². The molecule has 1 atom stereocenters. The molecule has 0 radical (unpaired) electrons. The second-order valence-corrected chi connectivity index (χ2v) is 6.94. The summed E-state index contributed by atoms with van der Waals surface area (Å²) >= 11 is 0. The van der Waals surface area contributed by atoms with Crippen molar-refractivity contribution in [3.63, 3.8) is 0 Å². The van der Waals surface area contributed by atoms with Gasteiger partial charge in [0.1, 0.15) is 12.1 Å². The highest BCUT2D eigenvalue weighted by Crippen LogP contribution is 2.41. The van der Waals surface area contributed by atoms with Gasteiger partial charge in [-0.3, -0.25) is 9.97 Å². The molecule has 2 aromatic heterocycles. The number of allylic oxidation sites excluding steroid dienone is 1. The number of nitrogens with zero attached hydrogens (tertiary/aromatic N) is 4. The molecular formula is C25H14N4. The lowest BCUT2D eigenvalue weighted by molar-refractivity contribution is 0.961. The molecule has 134 valence electrons. The van der Waals surface area contributed by atoms with E-state index in [0.717, 1.165) is 27.9 Å². The lowest BCUT2D eigenvalue weighted by atomic mass is 9.82. The highest BCUT2D eigenvalue weighted by molar-refractivity contribution is 6.01. The molecule has 1 unspecified atom stereocenters. The molecule has 4 nitrogen and oxygen atoms in total. The number of hydrogen-bond donors (Lipinski definition) is 0. The Hall–Kier alpha value is -4.28. The van der Waals surface area contributed by atoms with Gasteiger partial charge in [-0.2, -0.15) is 10.5 Å². The second-order valence-electron chi connectivity index (χ2n) is 6.94. The smallest absolute Gasteiger partial charge is 0.101 e. The number of hydrogen-bond acceptors (Lipinski definition) is 4. The van der Waals surface area contributed by atoms with Crippen LogP contribution in [0.15, 0.2) is 73.1 Å². The van der Waals surface area contributed by atoms with Gasteiger partial charge in [-0.25, -0.2) is 0 Å². The number of rotatable bonds is 2. The summed E-state index contributed by atoms with van der Waals surface area (Å²) in [5, 5.41) is 20.4. The van der Waals surface area contributed by atoms with Gasteiger partial charge in [0.2, 0.25) is 0 Å². The molecule has 0 amide bonds. The molecule has 1 aliphatic rings. The lowest BCUT2D eigenvalue weighted by Crippen LogP contribution is -2.06. The van der Waals surface area contributed by atoms with Gasteiger partial charge in [-0.15, -0.1) is 0 Å². The van der Waals surface area contributed by atoms with Gasteiger partial charge in [-0.05, 0) is 46.2 Å². The molecule has 0 saturated carbocycles. The SMILES string of the molecule is N#Cc1ccc(-c2ccc3cccc4c3c2C=CC4c2ccc(C#N)cn2)nc1. The van der Waals surface area contributed by atoms with Crippen molar-refractivity contribution in [1.82, 2.24) is 9.97 Å². The third-order valence-corrected chi connectivity index (χ3v) is 5.31. The second kappa shape index (κ2) is 6.71. The lowest BCUT2D eigenvalue weighted by Gasteiger charge is -2.23. The summed E-state index contributed by atoms with van der Waals surface area (Å²) in [6.45, 7) is 0. The molecule has 1 aliphatic carbocycles. The summed E-state index contributed by atoms with van der Waals surface area (Å²) < 4.78 is 0. The van der Waals surface area contributed by atoms with Crippen molar-refractivity contribution in [3.8, 4) is 23.4 Å². The summed E-state index contributed by atoms with van der Waals surface area (Å²) in [5.41, 5.74) is 6.22. The third-order valence-electron chi connectivity index (χ3n) is 5.31. The molecule has 0 spiro atoms. The zero-order valence-electron chi connectivity index (χ0n) is 15.4. The maximum Gasteiger partial charge on any atom is 0.101 e. The van der Waals surface area contributed by atoms with Crippen LogP contribution in [0.25, 0.3) is 28.1 Å². The van der Waals surface area contributed by atoms with Crippen LogP contribution in [0.2, 0.25) is 0 Å². The van der Waals surface area contributed by atoms with Crippen molar-refractivity contribution in [2.24, 2.45) is 0 Å². The minimum atomic E-state index is 0.0307. The van der Waals surface area contributed by atoms with Gasteiger partial charge in [-0.1, -0.05) is 42.5 Å². The zero-order chi connectivity index (χ0) is 19.8. The van der Waals surface area contributed by atoms with Gasteiger partial charge >= 0.3 is 0 Å². The van der Waals surface area contributed by atoms with Gasteiger partial charge in [0, 0.05) is 23.9 Å². The van der Waals surface area contributed by atoms with E-state index >= 15 is 0 Å². The Morgan fingerprint density at radius 3 is 2.28 bits per heavy atom. The summed E-state index contributed by atoms with van der Waals surface area (Å²) in [5.74, 6) is 0.0307. The van der Waals surface area contributed by atoms with E-state index in [0.29, 0.717) is 11.1 Å². The zero-order valence-corrected chi connectivity index (χ0v) is 15.4. The molecule has 0 N–H and O–H groups in total. The van der Waals surface area contributed by atoms with Crippen LogP contribution in [0.1, 0.15) is 33.9 Å². The van der Waals surface area contributed by atoms with E-state index in [4.69, 9.17) is 10.5 Å². The number of aromatic nitrogens is 2.